The molecule has 0 amide bonds. The second kappa shape index (κ2) is 10.8. The van der Waals surface area contributed by atoms with E-state index in [4.69, 9.17) is 23.7 Å². The minimum absolute atomic E-state index is 0.180. The lowest BCUT2D eigenvalue weighted by molar-refractivity contribution is -0.377. The van der Waals surface area contributed by atoms with Gasteiger partial charge < -0.3 is 69.6 Å². The van der Waals surface area contributed by atoms with Crippen molar-refractivity contribution in [3.63, 3.8) is 0 Å². The van der Waals surface area contributed by atoms with Gasteiger partial charge in [0.2, 0.25) is 0 Å². The van der Waals surface area contributed by atoms with Crippen LogP contribution in [0.2, 0.25) is 0 Å². The average molecular weight is 472 g/mol. The molecule has 14 nitrogen and oxygen atoms in total. The fourth-order valence-electron chi connectivity index (χ4n) is 3.98. The van der Waals surface area contributed by atoms with Crippen LogP contribution < -0.4 is 0 Å². The third-order valence-corrected chi connectivity index (χ3v) is 5.94. The zero-order valence-electron chi connectivity index (χ0n) is 17.3. The van der Waals surface area contributed by atoms with Crippen LogP contribution in [0.4, 0.5) is 0 Å². The summed E-state index contributed by atoms with van der Waals surface area (Å²) in [5.74, 6) is 0. The second-order valence-electron chi connectivity index (χ2n) is 8.20. The topological polar surface area (TPSA) is 228 Å². The highest BCUT2D eigenvalue weighted by Crippen LogP contribution is 2.32. The predicted molar refractivity (Wildman–Crippen MR) is 98.5 cm³/mol. The van der Waals surface area contributed by atoms with Crippen molar-refractivity contribution in [1.82, 2.24) is 0 Å². The maximum atomic E-state index is 10.6. The first-order valence-electron chi connectivity index (χ1n) is 10.3. The molecule has 9 N–H and O–H groups in total. The van der Waals surface area contributed by atoms with E-state index in [-0.39, 0.29) is 6.42 Å². The van der Waals surface area contributed by atoms with E-state index in [1.165, 1.54) is 6.92 Å². The molecular formula is C18H32O14. The molecule has 0 radical (unpaired) electrons. The van der Waals surface area contributed by atoms with Crippen molar-refractivity contribution in [3.05, 3.63) is 0 Å². The molecule has 3 aliphatic heterocycles. The Morgan fingerprint density at radius 2 is 1.31 bits per heavy atom. The van der Waals surface area contributed by atoms with Crippen LogP contribution in [0.15, 0.2) is 0 Å². The Kier molecular flexibility index (Phi) is 8.79. The summed E-state index contributed by atoms with van der Waals surface area (Å²) < 4.78 is 27.1. The second-order valence-corrected chi connectivity index (χ2v) is 8.20. The van der Waals surface area contributed by atoms with Gasteiger partial charge in [-0.3, -0.25) is 0 Å². The van der Waals surface area contributed by atoms with E-state index in [1.807, 2.05) is 0 Å². The van der Waals surface area contributed by atoms with E-state index in [0.717, 1.165) is 0 Å². The molecule has 0 aromatic carbocycles. The lowest BCUT2D eigenvalue weighted by Gasteiger charge is -2.47. The lowest BCUT2D eigenvalue weighted by atomic mass is 9.96. The Labute approximate surface area is 183 Å². The molecule has 0 aromatic heterocycles. The highest BCUT2D eigenvalue weighted by atomic mass is 16.8. The van der Waals surface area contributed by atoms with Crippen LogP contribution in [-0.4, -0.2) is 145 Å². The van der Waals surface area contributed by atoms with Gasteiger partial charge in [-0.1, -0.05) is 0 Å². The highest BCUT2D eigenvalue weighted by molar-refractivity contribution is 4.95. The van der Waals surface area contributed by atoms with Gasteiger partial charge in [-0.25, -0.2) is 0 Å². The molecular weight excluding hydrogens is 440 g/mol. The first-order chi connectivity index (χ1) is 15.1. The van der Waals surface area contributed by atoms with Gasteiger partial charge in [0.25, 0.3) is 0 Å². The van der Waals surface area contributed by atoms with Crippen LogP contribution in [0.5, 0.6) is 0 Å². The molecule has 0 unspecified atom stereocenters. The van der Waals surface area contributed by atoms with Crippen molar-refractivity contribution in [1.29, 1.82) is 0 Å². The third kappa shape index (κ3) is 5.24. The number of hydrogen-bond acceptors (Lipinski definition) is 14. The van der Waals surface area contributed by atoms with Gasteiger partial charge in [0, 0.05) is 6.42 Å². The smallest absolute Gasteiger partial charge is 0.187 e. The Morgan fingerprint density at radius 3 is 1.91 bits per heavy atom. The molecule has 0 bridgehead atoms. The predicted octanol–water partition coefficient (Wildman–Crippen LogP) is -5.52. The Balaban J connectivity index is 1.78. The summed E-state index contributed by atoms with van der Waals surface area (Å²) in [5.41, 5.74) is 0. The zero-order valence-corrected chi connectivity index (χ0v) is 17.3. The van der Waals surface area contributed by atoms with Gasteiger partial charge in [-0.15, -0.1) is 0 Å². The molecule has 188 valence electrons. The van der Waals surface area contributed by atoms with Gasteiger partial charge in [-0.2, -0.15) is 0 Å². The molecule has 14 heteroatoms. The molecule has 14 atom stereocenters. The number of aliphatic hydroxyl groups excluding tert-OH is 9. The molecule has 3 heterocycles. The van der Waals surface area contributed by atoms with Crippen molar-refractivity contribution >= 4 is 0 Å². The lowest BCUT2D eigenvalue weighted by Crippen LogP contribution is -2.65. The fourth-order valence-corrected chi connectivity index (χ4v) is 3.98. The molecule has 0 aliphatic carbocycles. The zero-order chi connectivity index (χ0) is 23.7. The number of rotatable bonds is 6. The summed E-state index contributed by atoms with van der Waals surface area (Å²) >= 11 is 0. The van der Waals surface area contributed by atoms with E-state index >= 15 is 0 Å². The quantitative estimate of drug-likeness (QED) is 0.176. The summed E-state index contributed by atoms with van der Waals surface area (Å²) in [7, 11) is 0. The molecule has 3 saturated heterocycles. The Hall–Kier alpha value is -0.560. The van der Waals surface area contributed by atoms with E-state index in [9.17, 15) is 46.0 Å². The van der Waals surface area contributed by atoms with Crippen LogP contribution in [0.3, 0.4) is 0 Å². The Bertz CT molecular complexity index is 582. The normalized spacial score (nSPS) is 52.7. The van der Waals surface area contributed by atoms with Crippen molar-refractivity contribution in [2.24, 2.45) is 0 Å². The van der Waals surface area contributed by atoms with Crippen LogP contribution in [0.25, 0.3) is 0 Å². The van der Waals surface area contributed by atoms with Gasteiger partial charge in [0.1, 0.15) is 54.9 Å². The van der Waals surface area contributed by atoms with Crippen LogP contribution in [0.1, 0.15) is 13.3 Å². The molecule has 32 heavy (non-hydrogen) atoms. The maximum Gasteiger partial charge on any atom is 0.187 e. The van der Waals surface area contributed by atoms with Gasteiger partial charge >= 0.3 is 0 Å². The summed E-state index contributed by atoms with van der Waals surface area (Å²) in [4.78, 5) is 0. The van der Waals surface area contributed by atoms with Crippen molar-refractivity contribution in [3.8, 4) is 0 Å². The molecule has 3 fully saturated rings. The summed E-state index contributed by atoms with van der Waals surface area (Å²) in [6.07, 6.45) is -20.3. The minimum atomic E-state index is -1.80. The standard InChI is InChI=1S/C18H32O14/c1-5-10(22)6(21)2-9(28-5)31-16-15(12(24)8(4-20)29-17(16)27)32-18-14(26)13(25)11(23)7(3-19)30-18/h5-27H,2-4H2,1H3/t5-,6-,7+,8+,9-,10+,11-,12-,13-,14+,15-,16+,17+,18+/m0/s1. The van der Waals surface area contributed by atoms with Gasteiger partial charge in [-0.05, 0) is 6.92 Å². The summed E-state index contributed by atoms with van der Waals surface area (Å²) in [6.45, 7) is 0.0775. The number of hydrogen-bond donors (Lipinski definition) is 9. The molecule has 0 spiro atoms. The first-order valence-corrected chi connectivity index (χ1v) is 10.3. The fraction of sp³-hybridized carbons (Fsp3) is 1.00. The monoisotopic (exact) mass is 472 g/mol. The average Bonchev–Trinajstić information content (AvgIpc) is 2.76. The third-order valence-electron chi connectivity index (χ3n) is 5.94. The van der Waals surface area contributed by atoms with E-state index < -0.39 is 99.2 Å². The minimum Gasteiger partial charge on any atom is -0.394 e. The summed E-state index contributed by atoms with van der Waals surface area (Å²) in [5, 5.41) is 89.7. The highest BCUT2D eigenvalue weighted by Gasteiger charge is 2.52. The molecule has 3 rings (SSSR count). The van der Waals surface area contributed by atoms with Crippen LogP contribution in [-0.2, 0) is 23.7 Å². The largest absolute Gasteiger partial charge is 0.394 e. The molecule has 0 saturated carbocycles. The first kappa shape index (κ1) is 26.1. The number of aliphatic hydroxyl groups is 9. The van der Waals surface area contributed by atoms with Crippen LogP contribution >= 0.6 is 0 Å². The van der Waals surface area contributed by atoms with E-state index in [0.29, 0.717) is 0 Å². The van der Waals surface area contributed by atoms with E-state index in [2.05, 4.69) is 0 Å². The van der Waals surface area contributed by atoms with Crippen molar-refractivity contribution in [2.75, 3.05) is 13.2 Å². The Morgan fingerprint density at radius 1 is 0.688 bits per heavy atom. The molecule has 0 aromatic rings. The number of ether oxygens (including phenoxy) is 5. The van der Waals surface area contributed by atoms with E-state index in [1.54, 1.807) is 0 Å². The van der Waals surface area contributed by atoms with Crippen molar-refractivity contribution < 1.29 is 69.6 Å². The van der Waals surface area contributed by atoms with Gasteiger partial charge in [0.15, 0.2) is 18.9 Å². The summed E-state index contributed by atoms with van der Waals surface area (Å²) in [6, 6.07) is 0. The SMILES string of the molecule is C[C@@H]1O[C@@H](O[C@@H]2[C@@H](O[C@H]3O[C@H](CO)[C@H](O)[C@H](O)[C@H]3O)[C@@H](O)[C@@H](CO)O[C@H]2O)C[C@H](O)[C@@H]1O. The van der Waals surface area contributed by atoms with Crippen molar-refractivity contribution in [2.45, 2.75) is 99.4 Å². The molecule has 3 aliphatic rings. The maximum absolute atomic E-state index is 10.6. The van der Waals surface area contributed by atoms with Crippen LogP contribution in [0, 0.1) is 0 Å². The van der Waals surface area contributed by atoms with Gasteiger partial charge in [0.05, 0.1) is 25.4 Å².